The molecule has 11 aromatic carbocycles. The van der Waals surface area contributed by atoms with Crippen LogP contribution >= 0.6 is 0 Å². The molecule has 0 saturated carbocycles. The number of rotatable bonds is 12. The number of hydrazine groups is 2. The van der Waals surface area contributed by atoms with Crippen molar-refractivity contribution in [1.82, 2.24) is 33.1 Å². The molecule has 6 aromatic heterocycles. The number of aromatic nitrogens is 6. The third kappa shape index (κ3) is 8.21. The Morgan fingerprint density at radius 2 is 0.610 bits per heavy atom. The second kappa shape index (κ2) is 21.6. The highest BCUT2D eigenvalue weighted by Gasteiger charge is 2.41. The second-order valence-electron chi connectivity index (χ2n) is 28.0. The summed E-state index contributed by atoms with van der Waals surface area (Å²) in [6.07, 6.45) is 12.6. The summed E-state index contributed by atoms with van der Waals surface area (Å²) < 4.78 is 14.8. The van der Waals surface area contributed by atoms with Gasteiger partial charge in [-0.1, -0.05) is 182 Å². The van der Waals surface area contributed by atoms with Crippen LogP contribution in [0, 0.1) is 47.5 Å². The van der Waals surface area contributed by atoms with E-state index in [4.69, 9.17) is 0 Å². The molecule has 0 fully saturated rings. The van der Waals surface area contributed by atoms with Crippen molar-refractivity contribution in [3.8, 4) is 0 Å². The maximum absolute atomic E-state index is 2.59. The molecule has 3 unspecified atom stereocenters. The number of allylic oxidation sites excluding steroid dienone is 3. The van der Waals surface area contributed by atoms with E-state index in [9.17, 15) is 0 Å². The fraction of sp³-hybridized carbons (Fsp3) is 0.136. The summed E-state index contributed by atoms with van der Waals surface area (Å²) in [4.78, 5) is 0. The SMILES string of the molecule is CC1=CC2C=CC=CC2N1N(c1cc(N(N2c3ccccc3CC2C)n2c(C)cc3ccccc32)c2ccc3c(N(n4c(C)cc5ccccc54)n4c(C)cc5ccccc54)cc(N(n4c(C)cc5ccccc54)n4c(C)cc5ccccc54)c4ccc1c2c43)n1c(C)cc2ccccc21. The van der Waals surface area contributed by atoms with Crippen molar-refractivity contribution in [3.05, 3.63) is 318 Å². The lowest BCUT2D eigenvalue weighted by molar-refractivity contribution is 0.248. The predicted octanol–water partition coefficient (Wildman–Crippen LogP) is 20.8. The van der Waals surface area contributed by atoms with Crippen LogP contribution < -0.4 is 25.5 Å². The van der Waals surface area contributed by atoms with Crippen molar-refractivity contribution in [2.24, 2.45) is 5.92 Å². The molecule has 3 aliphatic rings. The summed E-state index contributed by atoms with van der Waals surface area (Å²) >= 11 is 0. The zero-order valence-corrected chi connectivity index (χ0v) is 57.3. The molecule has 486 valence electrons. The zero-order valence-electron chi connectivity index (χ0n) is 57.3. The van der Waals surface area contributed by atoms with Crippen LogP contribution in [0.15, 0.2) is 279 Å². The molecule has 1 aliphatic carbocycles. The Balaban J connectivity index is 1.02. The molecule has 2 aliphatic heterocycles. The fourth-order valence-electron chi connectivity index (χ4n) is 17.7. The van der Waals surface area contributed by atoms with Crippen LogP contribution in [0.1, 0.15) is 53.6 Å². The van der Waals surface area contributed by atoms with Gasteiger partial charge in [0.1, 0.15) is 0 Å². The van der Waals surface area contributed by atoms with Crippen molar-refractivity contribution >= 4 is 126 Å². The van der Waals surface area contributed by atoms with Crippen molar-refractivity contribution in [2.45, 2.75) is 73.9 Å². The fourth-order valence-corrected chi connectivity index (χ4v) is 17.7. The van der Waals surface area contributed by atoms with E-state index in [2.05, 4.69) is 387 Å². The van der Waals surface area contributed by atoms with Crippen LogP contribution in [-0.4, -0.2) is 45.1 Å². The summed E-state index contributed by atoms with van der Waals surface area (Å²) in [6.45, 7) is 18.3. The van der Waals surface area contributed by atoms with E-state index >= 15 is 0 Å². The van der Waals surface area contributed by atoms with Crippen LogP contribution in [0.4, 0.5) is 28.4 Å². The minimum Gasteiger partial charge on any atom is -0.263 e. The van der Waals surface area contributed by atoms with Gasteiger partial charge in [0.2, 0.25) is 0 Å². The molecule has 0 radical (unpaired) electrons. The average molecular weight is 1300 g/mol. The normalized spacial score (nSPS) is 16.0. The first-order valence-corrected chi connectivity index (χ1v) is 35.1. The minimum absolute atomic E-state index is 0.0244. The summed E-state index contributed by atoms with van der Waals surface area (Å²) in [5.74, 6) is 0.145. The van der Waals surface area contributed by atoms with Gasteiger partial charge in [-0.15, -0.1) is 0 Å². The Labute approximate surface area is 579 Å². The van der Waals surface area contributed by atoms with E-state index in [1.165, 1.54) is 27.7 Å². The Hall–Kier alpha value is -12.3. The summed E-state index contributed by atoms with van der Waals surface area (Å²) in [5, 5.41) is 29.0. The quantitative estimate of drug-likeness (QED) is 0.114. The molecule has 0 spiro atoms. The topological polar surface area (TPSA) is 49.0 Å². The van der Waals surface area contributed by atoms with Gasteiger partial charge in [0.25, 0.3) is 0 Å². The van der Waals surface area contributed by atoms with Gasteiger partial charge in [-0.3, -0.25) is 10.0 Å². The van der Waals surface area contributed by atoms with E-state index < -0.39 is 0 Å². The first kappa shape index (κ1) is 57.9. The monoisotopic (exact) mass is 1300 g/mol. The molecule has 12 nitrogen and oxygen atoms in total. The molecule has 8 heterocycles. The lowest BCUT2D eigenvalue weighted by atomic mass is 9.90. The first-order chi connectivity index (χ1) is 48.9. The molecular weight excluding hydrogens is 1230 g/mol. The third-order valence-electron chi connectivity index (χ3n) is 21.8. The Kier molecular flexibility index (Phi) is 12.5. The molecule has 0 bridgehead atoms. The number of nitrogens with zero attached hydrogens (tertiary/aromatic N) is 12. The maximum atomic E-state index is 2.59. The zero-order chi connectivity index (χ0) is 67.1. The van der Waals surface area contributed by atoms with Crippen molar-refractivity contribution in [3.63, 3.8) is 0 Å². The molecule has 3 atom stereocenters. The predicted molar refractivity (Wildman–Crippen MR) is 416 cm³/mol. The Morgan fingerprint density at radius 3 is 0.980 bits per heavy atom. The van der Waals surface area contributed by atoms with Crippen LogP contribution in [-0.2, 0) is 6.42 Å². The molecule has 12 heteroatoms. The number of fused-ring (bicyclic) bond motifs is 8. The van der Waals surface area contributed by atoms with E-state index in [1.54, 1.807) is 0 Å². The highest BCUT2D eigenvalue weighted by molar-refractivity contribution is 6.32. The van der Waals surface area contributed by atoms with Crippen molar-refractivity contribution < 1.29 is 0 Å². The highest BCUT2D eigenvalue weighted by Crippen LogP contribution is 2.53. The minimum atomic E-state index is -0.0244. The number of para-hydroxylation sites is 7. The summed E-state index contributed by atoms with van der Waals surface area (Å²) in [6, 6.07) is 91.3. The summed E-state index contributed by atoms with van der Waals surface area (Å²) in [5.41, 5.74) is 21.0. The highest BCUT2D eigenvalue weighted by atomic mass is 15.9. The van der Waals surface area contributed by atoms with Gasteiger partial charge in [0.05, 0.1) is 73.6 Å². The largest absolute Gasteiger partial charge is 0.263 e. The maximum Gasteiger partial charge on any atom is 0.0925 e. The van der Waals surface area contributed by atoms with Gasteiger partial charge >= 0.3 is 0 Å². The van der Waals surface area contributed by atoms with Crippen LogP contribution in [0.25, 0.3) is 97.7 Å². The van der Waals surface area contributed by atoms with E-state index in [1.807, 2.05) is 0 Å². The van der Waals surface area contributed by atoms with Gasteiger partial charge < -0.3 is 0 Å². The molecule has 0 amide bonds. The smallest absolute Gasteiger partial charge is 0.0925 e. The average Bonchev–Trinajstić information content (AvgIpc) is 1.29. The number of hydrogen-bond donors (Lipinski definition) is 0. The van der Waals surface area contributed by atoms with Crippen LogP contribution in [0.5, 0.6) is 0 Å². The first-order valence-electron chi connectivity index (χ1n) is 35.1. The summed E-state index contributed by atoms with van der Waals surface area (Å²) in [7, 11) is 0. The van der Waals surface area contributed by atoms with Gasteiger partial charge in [0, 0.05) is 110 Å². The Bertz CT molecular complexity index is 6000. The lowest BCUT2D eigenvalue weighted by Gasteiger charge is -2.44. The lowest BCUT2D eigenvalue weighted by Crippen LogP contribution is -2.51. The van der Waals surface area contributed by atoms with E-state index in [0.29, 0.717) is 0 Å². The molecule has 100 heavy (non-hydrogen) atoms. The molecular formula is C88H74N12. The third-order valence-corrected chi connectivity index (χ3v) is 21.8. The molecule has 20 rings (SSSR count). The molecule has 17 aromatic rings. The number of hydrogen-bond acceptors (Lipinski definition) is 6. The van der Waals surface area contributed by atoms with Gasteiger partial charge in [-0.2, -0.15) is 20.5 Å². The molecule has 0 N–H and O–H groups in total. The Morgan fingerprint density at radius 1 is 0.310 bits per heavy atom. The van der Waals surface area contributed by atoms with Gasteiger partial charge in [-0.25, -0.2) is 28.1 Å². The van der Waals surface area contributed by atoms with E-state index in [0.717, 1.165) is 150 Å². The number of anilines is 5. The van der Waals surface area contributed by atoms with Crippen molar-refractivity contribution in [2.75, 3.05) is 25.5 Å². The van der Waals surface area contributed by atoms with Gasteiger partial charge in [-0.05, 0) is 158 Å². The van der Waals surface area contributed by atoms with Crippen molar-refractivity contribution in [1.29, 1.82) is 0 Å². The van der Waals surface area contributed by atoms with Crippen LogP contribution in [0.2, 0.25) is 0 Å². The van der Waals surface area contributed by atoms with Gasteiger partial charge in [0.15, 0.2) is 0 Å². The number of aryl methyl sites for hydroxylation is 6. The number of benzene rings is 11. The van der Waals surface area contributed by atoms with E-state index in [-0.39, 0.29) is 18.0 Å². The van der Waals surface area contributed by atoms with Crippen LogP contribution in [0.3, 0.4) is 0 Å². The standard InChI is InChI=1S/C88H74N12/c1-55-45-63-25-9-17-33-75(63)89(55)97(90-56(2)46-64-26-10-18-34-76(64)90)83-53-84(98(91-57(3)47-65-27-11-19-35-77(65)91)92-58(4)48-66-28-12-20-36-78(66)92)72-43-44-74-86(100(95-61(7)51-69-31-15-23-39-81(69)95)96-62(8)52-70-32-16-24-40-82(70)96)54-85(73-42-41-71(83)87(72)88(73)74)99(93-59(5)49-67-29-13-21-37-79(67)93)94-60(6)50-68-30-14-22-38-80(68)94/h9-51,53-54,62,67,79H,52H2,1-8H3. The second-order valence-corrected chi connectivity index (χ2v) is 28.0. The molecule has 0 saturated heterocycles.